The lowest BCUT2D eigenvalue weighted by atomic mass is 10.1. The summed E-state index contributed by atoms with van der Waals surface area (Å²) in [6.45, 7) is 4.31. The quantitative estimate of drug-likeness (QED) is 0.335. The van der Waals surface area contributed by atoms with Crippen LogP contribution in [0.3, 0.4) is 0 Å². The molecule has 2 N–H and O–H groups in total. The van der Waals surface area contributed by atoms with E-state index >= 15 is 0 Å². The van der Waals surface area contributed by atoms with Crippen LogP contribution in [-0.2, 0) is 4.79 Å². The van der Waals surface area contributed by atoms with Crippen LogP contribution in [0.1, 0.15) is 30.6 Å². The normalized spacial score (nSPS) is 10.6. The molecule has 2 aromatic carbocycles. The predicted molar refractivity (Wildman–Crippen MR) is 114 cm³/mol. The van der Waals surface area contributed by atoms with Crippen LogP contribution in [0.25, 0.3) is 10.9 Å². The molecule has 28 heavy (non-hydrogen) atoms. The summed E-state index contributed by atoms with van der Waals surface area (Å²) in [5, 5.41) is 7.74. The number of nitrogens with zero attached hydrogens (tertiary/aromatic N) is 2. The van der Waals surface area contributed by atoms with Gasteiger partial charge >= 0.3 is 0 Å². The van der Waals surface area contributed by atoms with E-state index in [1.807, 2.05) is 31.2 Å². The number of para-hydroxylation sites is 1. The summed E-state index contributed by atoms with van der Waals surface area (Å²) in [4.78, 5) is 32.6. The summed E-state index contributed by atoms with van der Waals surface area (Å²) in [5.74, 6) is 1.30. The van der Waals surface area contributed by atoms with Crippen LogP contribution in [0.4, 0.5) is 11.5 Å². The summed E-state index contributed by atoms with van der Waals surface area (Å²) in [7, 11) is 0. The molecule has 3 rings (SSSR count). The molecule has 0 saturated heterocycles. The molecule has 1 heterocycles. The van der Waals surface area contributed by atoms with Gasteiger partial charge < -0.3 is 10.6 Å². The largest absolute Gasteiger partial charge is 0.370 e. The fourth-order valence-corrected chi connectivity index (χ4v) is 3.46. The maximum atomic E-state index is 12.2. The van der Waals surface area contributed by atoms with Gasteiger partial charge in [-0.05, 0) is 50.2 Å². The second-order valence-corrected chi connectivity index (χ2v) is 7.24. The minimum Gasteiger partial charge on any atom is -0.370 e. The Hall–Kier alpha value is -2.93. The van der Waals surface area contributed by atoms with Gasteiger partial charge in [0.2, 0.25) is 5.91 Å². The van der Waals surface area contributed by atoms with Crippen molar-refractivity contribution in [3.8, 4) is 0 Å². The zero-order chi connectivity index (χ0) is 19.9. The molecule has 0 aliphatic carbocycles. The lowest BCUT2D eigenvalue weighted by Gasteiger charge is -2.09. The maximum Gasteiger partial charge on any atom is 0.225 e. The summed E-state index contributed by atoms with van der Waals surface area (Å²) < 4.78 is 0. The van der Waals surface area contributed by atoms with Crippen molar-refractivity contribution in [2.45, 2.75) is 25.4 Å². The molecule has 0 bridgehead atoms. The summed E-state index contributed by atoms with van der Waals surface area (Å²) >= 11 is 1.45. The second kappa shape index (κ2) is 9.32. The van der Waals surface area contributed by atoms with Gasteiger partial charge in [0.15, 0.2) is 10.9 Å². The maximum absolute atomic E-state index is 12.2. The average Bonchev–Trinajstić information content (AvgIpc) is 2.68. The SMILES string of the molecule is CCNc1nc(SCCC(=O)Nc2ccc(C(C)=O)cc2)nc2ccccc12. The minimum absolute atomic E-state index is 0.00148. The van der Waals surface area contributed by atoms with Crippen LogP contribution >= 0.6 is 11.8 Å². The van der Waals surface area contributed by atoms with Crippen LogP contribution < -0.4 is 10.6 Å². The van der Waals surface area contributed by atoms with E-state index in [1.54, 1.807) is 24.3 Å². The highest BCUT2D eigenvalue weighted by molar-refractivity contribution is 7.99. The van der Waals surface area contributed by atoms with Gasteiger partial charge in [0.05, 0.1) is 5.52 Å². The number of fused-ring (bicyclic) bond motifs is 1. The molecule has 0 saturated carbocycles. The Morgan fingerprint density at radius 2 is 1.79 bits per heavy atom. The Labute approximate surface area is 168 Å². The first-order valence-electron chi connectivity index (χ1n) is 9.11. The van der Waals surface area contributed by atoms with E-state index in [1.165, 1.54) is 18.7 Å². The number of rotatable bonds is 8. The molecule has 6 nitrogen and oxygen atoms in total. The molecule has 0 aliphatic rings. The topological polar surface area (TPSA) is 84.0 Å². The Morgan fingerprint density at radius 1 is 1.04 bits per heavy atom. The van der Waals surface area contributed by atoms with Crippen LogP contribution in [0.15, 0.2) is 53.7 Å². The lowest BCUT2D eigenvalue weighted by molar-refractivity contribution is -0.115. The van der Waals surface area contributed by atoms with Crippen LogP contribution in [-0.4, -0.2) is 34.0 Å². The van der Waals surface area contributed by atoms with E-state index in [9.17, 15) is 9.59 Å². The number of hydrogen-bond donors (Lipinski definition) is 2. The number of Topliss-reactive ketones (excluding diaryl/α,β-unsaturated/α-hetero) is 1. The third-order valence-electron chi connectivity index (χ3n) is 4.06. The third-order valence-corrected chi connectivity index (χ3v) is 4.91. The smallest absolute Gasteiger partial charge is 0.225 e. The summed E-state index contributed by atoms with van der Waals surface area (Å²) in [5.41, 5.74) is 2.18. The number of ketones is 1. The molecule has 144 valence electrons. The highest BCUT2D eigenvalue weighted by Gasteiger charge is 2.09. The van der Waals surface area contributed by atoms with Gasteiger partial charge in [0.1, 0.15) is 5.82 Å². The van der Waals surface area contributed by atoms with E-state index in [2.05, 4.69) is 20.6 Å². The van der Waals surface area contributed by atoms with E-state index in [4.69, 9.17) is 0 Å². The van der Waals surface area contributed by atoms with Gasteiger partial charge in [-0.15, -0.1) is 0 Å². The van der Waals surface area contributed by atoms with Gasteiger partial charge in [0, 0.05) is 35.4 Å². The average molecular weight is 395 g/mol. The van der Waals surface area contributed by atoms with E-state index in [0.29, 0.717) is 28.6 Å². The van der Waals surface area contributed by atoms with Crippen molar-refractivity contribution in [3.05, 3.63) is 54.1 Å². The van der Waals surface area contributed by atoms with Crippen LogP contribution in [0.2, 0.25) is 0 Å². The summed E-state index contributed by atoms with van der Waals surface area (Å²) in [6.07, 6.45) is 0.339. The highest BCUT2D eigenvalue weighted by Crippen LogP contribution is 2.24. The predicted octanol–water partition coefficient (Wildman–Crippen LogP) is 4.39. The van der Waals surface area contributed by atoms with Crippen LogP contribution in [0.5, 0.6) is 0 Å². The highest BCUT2D eigenvalue weighted by atomic mass is 32.2. The van der Waals surface area contributed by atoms with Crippen molar-refractivity contribution in [3.63, 3.8) is 0 Å². The number of benzene rings is 2. The number of thioether (sulfide) groups is 1. The fourth-order valence-electron chi connectivity index (χ4n) is 2.67. The van der Waals surface area contributed by atoms with E-state index in [-0.39, 0.29) is 11.7 Å². The molecule has 3 aromatic rings. The molecule has 0 fully saturated rings. The third kappa shape index (κ3) is 5.07. The van der Waals surface area contributed by atoms with Crippen molar-refractivity contribution < 1.29 is 9.59 Å². The van der Waals surface area contributed by atoms with Gasteiger partial charge in [-0.1, -0.05) is 23.9 Å². The number of hydrogen-bond acceptors (Lipinski definition) is 6. The van der Waals surface area contributed by atoms with Crippen molar-refractivity contribution in [2.75, 3.05) is 22.9 Å². The van der Waals surface area contributed by atoms with Crippen molar-refractivity contribution in [1.82, 2.24) is 9.97 Å². The molecule has 7 heteroatoms. The molecule has 0 radical (unpaired) electrons. The number of carbonyl (C=O) groups excluding carboxylic acids is 2. The van der Waals surface area contributed by atoms with Gasteiger partial charge in [-0.2, -0.15) is 0 Å². The first-order chi connectivity index (χ1) is 13.6. The van der Waals surface area contributed by atoms with Crippen molar-refractivity contribution in [2.24, 2.45) is 0 Å². The van der Waals surface area contributed by atoms with E-state index in [0.717, 1.165) is 23.3 Å². The number of amides is 1. The lowest BCUT2D eigenvalue weighted by Crippen LogP contribution is -2.12. The molecule has 0 spiro atoms. The minimum atomic E-state index is -0.0872. The van der Waals surface area contributed by atoms with Gasteiger partial charge in [0.25, 0.3) is 0 Å². The zero-order valence-electron chi connectivity index (χ0n) is 15.9. The van der Waals surface area contributed by atoms with E-state index < -0.39 is 0 Å². The molecule has 0 unspecified atom stereocenters. The van der Waals surface area contributed by atoms with Crippen molar-refractivity contribution >= 4 is 45.9 Å². The number of anilines is 2. The Kier molecular flexibility index (Phi) is 6.60. The summed E-state index contributed by atoms with van der Waals surface area (Å²) in [6, 6.07) is 14.7. The molecule has 1 aromatic heterocycles. The first kappa shape index (κ1) is 19.8. The molecular weight excluding hydrogens is 372 g/mol. The Balaban J connectivity index is 1.58. The second-order valence-electron chi connectivity index (χ2n) is 6.18. The number of aromatic nitrogens is 2. The van der Waals surface area contributed by atoms with Gasteiger partial charge in [-0.3, -0.25) is 9.59 Å². The molecule has 0 aliphatic heterocycles. The monoisotopic (exact) mass is 394 g/mol. The van der Waals surface area contributed by atoms with Crippen molar-refractivity contribution in [1.29, 1.82) is 0 Å². The van der Waals surface area contributed by atoms with Crippen LogP contribution in [0, 0.1) is 0 Å². The van der Waals surface area contributed by atoms with Gasteiger partial charge in [-0.25, -0.2) is 9.97 Å². The standard InChI is InChI=1S/C21H22N4O2S/c1-3-22-20-17-6-4-5-7-18(17)24-21(25-20)28-13-12-19(27)23-16-10-8-15(9-11-16)14(2)26/h4-11H,3,12-13H2,1-2H3,(H,23,27)(H,22,24,25). The Bertz CT molecular complexity index is 989. The molecular formula is C21H22N4O2S. The first-order valence-corrected chi connectivity index (χ1v) is 10.1. The fraction of sp³-hybridized carbons (Fsp3) is 0.238. The Morgan fingerprint density at radius 3 is 2.50 bits per heavy atom. The zero-order valence-corrected chi connectivity index (χ0v) is 16.7. The number of carbonyl (C=O) groups is 2. The number of nitrogens with one attached hydrogen (secondary N) is 2. The molecule has 1 amide bonds. The molecule has 0 atom stereocenters.